The Balaban J connectivity index is 1.91. The fraction of sp³-hybridized carbons (Fsp3) is 0.235. The second-order valence-corrected chi connectivity index (χ2v) is 8.74. The van der Waals surface area contributed by atoms with Gasteiger partial charge in [-0.05, 0) is 36.2 Å². The Bertz CT molecular complexity index is 924. The zero-order valence-electron chi connectivity index (χ0n) is 13.6. The van der Waals surface area contributed by atoms with Crippen LogP contribution < -0.4 is 9.46 Å². The van der Waals surface area contributed by atoms with Crippen LogP contribution in [0.5, 0.6) is 11.5 Å². The van der Waals surface area contributed by atoms with Gasteiger partial charge in [-0.3, -0.25) is 4.79 Å². The molecular weight excluding hydrogens is 362 g/mol. The molecule has 0 fully saturated rings. The van der Waals surface area contributed by atoms with Crippen molar-refractivity contribution in [1.29, 1.82) is 0 Å². The molecule has 0 unspecified atom stereocenters. The zero-order valence-corrected chi connectivity index (χ0v) is 15.2. The Hall–Kier alpha value is -2.03. The van der Waals surface area contributed by atoms with E-state index in [1.165, 1.54) is 23.9 Å². The Labute approximate surface area is 150 Å². The molecule has 2 aromatic carbocycles. The first-order valence-electron chi connectivity index (χ1n) is 7.62. The monoisotopic (exact) mass is 379 g/mol. The molecule has 0 bridgehead atoms. The number of carbonyl (C=O) groups is 1. The summed E-state index contributed by atoms with van der Waals surface area (Å²) in [6.07, 6.45) is 0. The van der Waals surface area contributed by atoms with Crippen molar-refractivity contribution in [2.75, 3.05) is 0 Å². The van der Waals surface area contributed by atoms with Crippen LogP contribution in [0.15, 0.2) is 57.2 Å². The molecule has 2 aromatic rings. The Morgan fingerprint density at radius 3 is 2.48 bits per heavy atom. The van der Waals surface area contributed by atoms with Crippen LogP contribution in [0.4, 0.5) is 0 Å². The van der Waals surface area contributed by atoms with Crippen molar-refractivity contribution in [3.05, 3.63) is 42.5 Å². The van der Waals surface area contributed by atoms with Gasteiger partial charge < -0.3 is 9.84 Å². The predicted molar refractivity (Wildman–Crippen MR) is 93.7 cm³/mol. The second kappa shape index (κ2) is 6.70. The van der Waals surface area contributed by atoms with E-state index in [1.807, 2.05) is 24.3 Å². The smallest absolute Gasteiger partial charge is 0.322 e. The van der Waals surface area contributed by atoms with E-state index in [0.717, 1.165) is 10.6 Å². The van der Waals surface area contributed by atoms with Crippen molar-refractivity contribution in [3.63, 3.8) is 0 Å². The molecule has 0 amide bonds. The topological polar surface area (TPSA) is 92.7 Å². The van der Waals surface area contributed by atoms with Crippen molar-refractivity contribution in [2.24, 2.45) is 5.92 Å². The molecule has 132 valence electrons. The number of hydrogen-bond donors (Lipinski definition) is 2. The van der Waals surface area contributed by atoms with E-state index in [2.05, 4.69) is 4.72 Å². The average Bonchev–Trinajstić information content (AvgIpc) is 2.56. The number of fused-ring (bicyclic) bond motifs is 2. The minimum Gasteiger partial charge on any atom is -0.480 e. The van der Waals surface area contributed by atoms with E-state index in [0.29, 0.717) is 10.6 Å². The van der Waals surface area contributed by atoms with Gasteiger partial charge in [0.25, 0.3) is 0 Å². The summed E-state index contributed by atoms with van der Waals surface area (Å²) < 4.78 is 33.1. The van der Waals surface area contributed by atoms with Crippen molar-refractivity contribution in [1.82, 2.24) is 4.72 Å². The van der Waals surface area contributed by atoms with Gasteiger partial charge in [0.05, 0.1) is 14.7 Å². The molecule has 3 rings (SSSR count). The van der Waals surface area contributed by atoms with Crippen LogP contribution in [0, 0.1) is 5.92 Å². The summed E-state index contributed by atoms with van der Waals surface area (Å²) in [6.45, 7) is 3.30. The third-order valence-corrected chi connectivity index (χ3v) is 6.26. The lowest BCUT2D eigenvalue weighted by molar-refractivity contribution is -0.140. The minimum absolute atomic E-state index is 0.00799. The van der Waals surface area contributed by atoms with Gasteiger partial charge in [-0.2, -0.15) is 4.72 Å². The summed E-state index contributed by atoms with van der Waals surface area (Å²) in [7, 11) is -3.96. The number of sulfonamides is 1. The Morgan fingerprint density at radius 2 is 1.80 bits per heavy atom. The standard InChI is InChI=1S/C17H17NO5S2/c1-10(2)16(17(19)20)18-25(21,22)11-7-8-13-15(9-11)24-14-6-4-3-5-12(14)23-13/h3-10,16,18H,1-2H3,(H,19,20)/t16-/m1/s1. The molecule has 0 saturated heterocycles. The molecule has 0 aliphatic carbocycles. The first-order chi connectivity index (χ1) is 11.8. The van der Waals surface area contributed by atoms with Crippen LogP contribution in [-0.4, -0.2) is 25.5 Å². The SMILES string of the molecule is CC(C)[C@@H](NS(=O)(=O)c1ccc2c(c1)Sc1ccccc1O2)C(=O)O. The highest BCUT2D eigenvalue weighted by Gasteiger charge is 2.29. The van der Waals surface area contributed by atoms with Gasteiger partial charge in [0.15, 0.2) is 0 Å². The molecule has 1 aliphatic heterocycles. The number of hydrogen-bond acceptors (Lipinski definition) is 5. The number of rotatable bonds is 5. The summed E-state index contributed by atoms with van der Waals surface area (Å²) in [6, 6.07) is 10.8. The summed E-state index contributed by atoms with van der Waals surface area (Å²) in [5.41, 5.74) is 0. The van der Waals surface area contributed by atoms with Gasteiger partial charge in [0.1, 0.15) is 17.5 Å². The number of aliphatic carboxylic acids is 1. The van der Waals surface area contributed by atoms with Crippen molar-refractivity contribution >= 4 is 27.8 Å². The maximum atomic E-state index is 12.6. The van der Waals surface area contributed by atoms with Gasteiger partial charge in [-0.15, -0.1) is 0 Å². The fourth-order valence-electron chi connectivity index (χ4n) is 2.38. The molecule has 0 radical (unpaired) electrons. The van der Waals surface area contributed by atoms with Gasteiger partial charge in [0, 0.05) is 0 Å². The molecule has 0 spiro atoms. The maximum Gasteiger partial charge on any atom is 0.322 e. The molecule has 1 aliphatic rings. The van der Waals surface area contributed by atoms with Gasteiger partial charge >= 0.3 is 5.97 Å². The lowest BCUT2D eigenvalue weighted by Gasteiger charge is -2.21. The van der Waals surface area contributed by atoms with Crippen molar-refractivity contribution in [3.8, 4) is 11.5 Å². The number of benzene rings is 2. The van der Waals surface area contributed by atoms with E-state index < -0.39 is 22.0 Å². The van der Waals surface area contributed by atoms with Crippen LogP contribution in [-0.2, 0) is 14.8 Å². The highest BCUT2D eigenvalue weighted by Crippen LogP contribution is 2.47. The zero-order chi connectivity index (χ0) is 18.2. The lowest BCUT2D eigenvalue weighted by atomic mass is 10.1. The molecule has 6 nitrogen and oxygen atoms in total. The van der Waals surface area contributed by atoms with Crippen molar-refractivity contribution in [2.45, 2.75) is 34.6 Å². The first-order valence-corrected chi connectivity index (χ1v) is 9.92. The molecule has 0 aromatic heterocycles. The largest absolute Gasteiger partial charge is 0.480 e. The summed E-state index contributed by atoms with van der Waals surface area (Å²) in [4.78, 5) is 12.8. The third-order valence-electron chi connectivity index (χ3n) is 3.73. The van der Waals surface area contributed by atoms with Crippen LogP contribution in [0.1, 0.15) is 13.8 Å². The van der Waals surface area contributed by atoms with Crippen LogP contribution in [0.3, 0.4) is 0 Å². The van der Waals surface area contributed by atoms with Gasteiger partial charge in [0.2, 0.25) is 10.0 Å². The maximum absolute atomic E-state index is 12.6. The van der Waals surface area contributed by atoms with Crippen LogP contribution in [0.25, 0.3) is 0 Å². The highest BCUT2D eigenvalue weighted by atomic mass is 32.2. The van der Waals surface area contributed by atoms with Crippen LogP contribution >= 0.6 is 11.8 Å². The third kappa shape index (κ3) is 3.65. The fourth-order valence-corrected chi connectivity index (χ4v) is 4.81. The first kappa shape index (κ1) is 17.8. The van der Waals surface area contributed by atoms with E-state index >= 15 is 0 Å². The van der Waals surface area contributed by atoms with Crippen molar-refractivity contribution < 1.29 is 23.1 Å². The van der Waals surface area contributed by atoms with E-state index in [4.69, 9.17) is 4.74 Å². The van der Waals surface area contributed by atoms with Crippen LogP contribution in [0.2, 0.25) is 0 Å². The molecule has 0 saturated carbocycles. The van der Waals surface area contributed by atoms with Gasteiger partial charge in [-0.25, -0.2) is 8.42 Å². The number of nitrogens with one attached hydrogen (secondary N) is 1. The van der Waals surface area contributed by atoms with E-state index in [9.17, 15) is 18.3 Å². The lowest BCUT2D eigenvalue weighted by Crippen LogP contribution is -2.44. The normalized spacial score (nSPS) is 14.4. The summed E-state index contributed by atoms with van der Waals surface area (Å²) in [5, 5.41) is 9.20. The molecule has 25 heavy (non-hydrogen) atoms. The second-order valence-electron chi connectivity index (χ2n) is 5.94. The van der Waals surface area contributed by atoms with Gasteiger partial charge in [-0.1, -0.05) is 37.7 Å². The Kier molecular flexibility index (Phi) is 4.77. The molecule has 2 N–H and O–H groups in total. The number of carboxylic acids is 1. The quantitative estimate of drug-likeness (QED) is 0.706. The molecular formula is C17H17NO5S2. The molecule has 1 atom stereocenters. The predicted octanol–water partition coefficient (Wildman–Crippen LogP) is 3.33. The minimum atomic E-state index is -3.96. The molecule has 8 heteroatoms. The number of para-hydroxylation sites is 1. The highest BCUT2D eigenvalue weighted by molar-refractivity contribution is 7.99. The van der Waals surface area contributed by atoms with E-state index in [-0.39, 0.29) is 10.8 Å². The number of ether oxygens (including phenoxy) is 1. The number of carboxylic acid groups (broad SMARTS) is 1. The van der Waals surface area contributed by atoms with E-state index in [1.54, 1.807) is 19.9 Å². The Morgan fingerprint density at radius 1 is 1.12 bits per heavy atom. The molecule has 1 heterocycles. The average molecular weight is 379 g/mol. The summed E-state index contributed by atoms with van der Waals surface area (Å²) >= 11 is 1.41. The summed E-state index contributed by atoms with van der Waals surface area (Å²) in [5.74, 6) is -0.293.